The standard InChI is InChI=1S/C33H37N9O3/c1-4-6-14-41-32(44)25-19-34-33(36-22-7-9-27-26(17-22)35-21-40(27)23-11-15-38(3)16-12-23)37-31(25)42(41)24-8-10-29-28(18-24)39(13-5-2)30(43)20-45-29/h4,6-10,17-19,21,23H,5,11-16,20H2,1-3H3,(H,34,36,37)/b6-4-. The van der Waals surface area contributed by atoms with Crippen molar-refractivity contribution in [2.24, 2.45) is 0 Å². The number of piperidine rings is 1. The molecule has 2 aliphatic heterocycles. The number of anilines is 3. The molecular formula is C33H37N9O3. The van der Waals surface area contributed by atoms with E-state index in [1.807, 2.05) is 62.7 Å². The number of hydrogen-bond acceptors (Lipinski definition) is 8. The number of benzene rings is 2. The van der Waals surface area contributed by atoms with Crippen LogP contribution in [0.2, 0.25) is 0 Å². The van der Waals surface area contributed by atoms with Crippen molar-refractivity contribution >= 4 is 45.3 Å². The van der Waals surface area contributed by atoms with E-state index in [1.54, 1.807) is 20.5 Å². The summed E-state index contributed by atoms with van der Waals surface area (Å²) in [5.41, 5.74) is 4.43. The molecule has 45 heavy (non-hydrogen) atoms. The fourth-order valence-corrected chi connectivity index (χ4v) is 6.31. The molecule has 0 aliphatic carbocycles. The van der Waals surface area contributed by atoms with Crippen LogP contribution in [0.15, 0.2) is 65.9 Å². The molecule has 1 fully saturated rings. The molecule has 3 aromatic heterocycles. The third-order valence-corrected chi connectivity index (χ3v) is 8.68. The lowest BCUT2D eigenvalue weighted by Gasteiger charge is -2.30. The highest BCUT2D eigenvalue weighted by atomic mass is 16.5. The highest BCUT2D eigenvalue weighted by Gasteiger charge is 2.27. The number of nitrogens with one attached hydrogen (secondary N) is 1. The Labute approximate surface area is 260 Å². The Morgan fingerprint density at radius 1 is 1.09 bits per heavy atom. The third kappa shape index (κ3) is 5.24. The Kier molecular flexibility index (Phi) is 7.58. The van der Waals surface area contributed by atoms with Crippen molar-refractivity contribution in [3.8, 4) is 11.4 Å². The number of fused-ring (bicyclic) bond motifs is 3. The molecule has 5 heterocycles. The number of nitrogens with zero attached hydrogens (tertiary/aromatic N) is 8. The monoisotopic (exact) mass is 607 g/mol. The van der Waals surface area contributed by atoms with Crippen molar-refractivity contribution < 1.29 is 9.53 Å². The Bertz CT molecular complexity index is 1980. The van der Waals surface area contributed by atoms with Crippen LogP contribution in [0.1, 0.15) is 39.2 Å². The minimum absolute atomic E-state index is 0.0112. The van der Waals surface area contributed by atoms with Crippen LogP contribution in [0.5, 0.6) is 5.75 Å². The number of carbonyl (C=O) groups is 1. The molecule has 0 spiro atoms. The molecule has 12 nitrogen and oxygen atoms in total. The van der Waals surface area contributed by atoms with Crippen LogP contribution < -0.4 is 20.5 Å². The van der Waals surface area contributed by atoms with Gasteiger partial charge in [0.25, 0.3) is 11.5 Å². The first-order valence-corrected chi connectivity index (χ1v) is 15.5. The Morgan fingerprint density at radius 2 is 1.93 bits per heavy atom. The molecule has 0 unspecified atom stereocenters. The van der Waals surface area contributed by atoms with Crippen molar-refractivity contribution in [2.75, 3.05) is 43.5 Å². The van der Waals surface area contributed by atoms with Gasteiger partial charge in [-0.2, -0.15) is 4.98 Å². The van der Waals surface area contributed by atoms with Gasteiger partial charge in [0.2, 0.25) is 5.95 Å². The molecule has 0 atom stereocenters. The summed E-state index contributed by atoms with van der Waals surface area (Å²) in [6.07, 6.45) is 10.3. The Hall–Kier alpha value is -4.97. The quantitative estimate of drug-likeness (QED) is 0.254. The maximum atomic E-state index is 13.6. The average molecular weight is 608 g/mol. The lowest BCUT2D eigenvalue weighted by atomic mass is 10.1. The zero-order valence-electron chi connectivity index (χ0n) is 25.8. The summed E-state index contributed by atoms with van der Waals surface area (Å²) in [5, 5.41) is 3.72. The second kappa shape index (κ2) is 11.8. The predicted molar refractivity (Wildman–Crippen MR) is 175 cm³/mol. The molecule has 5 aromatic rings. The largest absolute Gasteiger partial charge is 0.482 e. The van der Waals surface area contributed by atoms with Crippen LogP contribution in [-0.2, 0) is 11.3 Å². The molecule has 0 saturated carbocycles. The summed E-state index contributed by atoms with van der Waals surface area (Å²) in [5.74, 6) is 0.904. The van der Waals surface area contributed by atoms with Crippen LogP contribution in [-0.4, -0.2) is 73.0 Å². The Morgan fingerprint density at radius 3 is 2.73 bits per heavy atom. The van der Waals surface area contributed by atoms with E-state index in [0.29, 0.717) is 53.2 Å². The van der Waals surface area contributed by atoms with Crippen LogP contribution in [0.4, 0.5) is 17.3 Å². The van der Waals surface area contributed by atoms with Crippen LogP contribution >= 0.6 is 0 Å². The number of allylic oxidation sites excluding steroid dienone is 2. The molecule has 2 aromatic carbocycles. The molecular weight excluding hydrogens is 570 g/mol. The number of likely N-dealkylation sites (tertiary alicyclic amines) is 1. The zero-order chi connectivity index (χ0) is 31.1. The maximum absolute atomic E-state index is 13.6. The van der Waals surface area contributed by atoms with E-state index < -0.39 is 0 Å². The lowest BCUT2D eigenvalue weighted by molar-refractivity contribution is -0.121. The van der Waals surface area contributed by atoms with E-state index in [2.05, 4.69) is 32.9 Å². The molecule has 1 saturated heterocycles. The fraction of sp³-hybridized carbons (Fsp3) is 0.364. The van der Waals surface area contributed by atoms with Gasteiger partial charge in [-0.25, -0.2) is 19.3 Å². The van der Waals surface area contributed by atoms with Crippen molar-refractivity contribution in [2.45, 2.75) is 45.7 Å². The van der Waals surface area contributed by atoms with Crippen molar-refractivity contribution in [3.05, 3.63) is 71.4 Å². The summed E-state index contributed by atoms with van der Waals surface area (Å²) in [7, 11) is 2.17. The van der Waals surface area contributed by atoms with Crippen molar-refractivity contribution in [3.63, 3.8) is 0 Å². The van der Waals surface area contributed by atoms with Crippen LogP contribution in [0, 0.1) is 0 Å². The van der Waals surface area contributed by atoms with Gasteiger partial charge in [0, 0.05) is 24.5 Å². The number of hydrogen-bond donors (Lipinski definition) is 1. The number of carbonyl (C=O) groups excluding carboxylic acids is 1. The average Bonchev–Trinajstić information content (AvgIpc) is 3.59. The summed E-state index contributed by atoms with van der Waals surface area (Å²) < 4.78 is 11.4. The van der Waals surface area contributed by atoms with Gasteiger partial charge >= 0.3 is 0 Å². The van der Waals surface area contributed by atoms with Gasteiger partial charge < -0.3 is 24.4 Å². The number of amides is 1. The molecule has 1 amide bonds. The molecule has 1 N–H and O–H groups in total. The van der Waals surface area contributed by atoms with E-state index in [4.69, 9.17) is 14.7 Å². The SMILES string of the molecule is C/C=C\Cn1c(=O)c2cnc(Nc3ccc4c(c3)ncn4C3CCN(C)CC3)nc2n1-c1ccc2c(c1)N(CCC)C(=O)CO2. The highest BCUT2D eigenvalue weighted by molar-refractivity contribution is 5.98. The first kappa shape index (κ1) is 28.8. The molecule has 0 bridgehead atoms. The molecule has 12 heteroatoms. The minimum Gasteiger partial charge on any atom is -0.482 e. The van der Waals surface area contributed by atoms with Gasteiger partial charge in [-0.1, -0.05) is 19.1 Å². The van der Waals surface area contributed by atoms with Gasteiger partial charge in [-0.05, 0) is 82.7 Å². The second-order valence-electron chi connectivity index (χ2n) is 11.7. The van der Waals surface area contributed by atoms with E-state index in [9.17, 15) is 9.59 Å². The lowest BCUT2D eigenvalue weighted by Crippen LogP contribution is -2.39. The summed E-state index contributed by atoms with van der Waals surface area (Å²) in [6.45, 7) is 7.04. The Balaban J connectivity index is 1.26. The number of imidazole rings is 1. The first-order chi connectivity index (χ1) is 21.9. The highest BCUT2D eigenvalue weighted by Crippen LogP contribution is 2.35. The normalized spacial score (nSPS) is 16.2. The topological polar surface area (TPSA) is 115 Å². The van der Waals surface area contributed by atoms with Gasteiger partial charge in [0.05, 0.1) is 35.3 Å². The molecule has 2 aliphatic rings. The van der Waals surface area contributed by atoms with Crippen molar-refractivity contribution in [1.29, 1.82) is 0 Å². The summed E-state index contributed by atoms with van der Waals surface area (Å²) in [6, 6.07) is 12.2. The maximum Gasteiger partial charge on any atom is 0.278 e. The predicted octanol–water partition coefficient (Wildman–Crippen LogP) is 4.65. The first-order valence-electron chi connectivity index (χ1n) is 15.5. The fourth-order valence-electron chi connectivity index (χ4n) is 6.31. The van der Waals surface area contributed by atoms with Gasteiger partial charge in [-0.15, -0.1) is 0 Å². The minimum atomic E-state index is -0.203. The van der Waals surface area contributed by atoms with Gasteiger partial charge in [-0.3, -0.25) is 9.59 Å². The number of aromatic nitrogens is 6. The molecule has 7 rings (SSSR count). The van der Waals surface area contributed by atoms with Crippen LogP contribution in [0.25, 0.3) is 27.8 Å². The van der Waals surface area contributed by atoms with Gasteiger partial charge in [0.15, 0.2) is 12.3 Å². The zero-order valence-corrected chi connectivity index (χ0v) is 25.8. The van der Waals surface area contributed by atoms with E-state index in [0.717, 1.165) is 49.1 Å². The smallest absolute Gasteiger partial charge is 0.278 e. The number of ether oxygens (including phenoxy) is 1. The van der Waals surface area contributed by atoms with Crippen LogP contribution in [0.3, 0.4) is 0 Å². The van der Waals surface area contributed by atoms with Crippen molar-refractivity contribution in [1.82, 2.24) is 33.8 Å². The van der Waals surface area contributed by atoms with E-state index in [-0.39, 0.29) is 18.1 Å². The second-order valence-corrected chi connectivity index (χ2v) is 11.7. The molecule has 0 radical (unpaired) electrons. The summed E-state index contributed by atoms with van der Waals surface area (Å²) in [4.78, 5) is 44.5. The van der Waals surface area contributed by atoms with Gasteiger partial charge in [0.1, 0.15) is 11.1 Å². The summed E-state index contributed by atoms with van der Waals surface area (Å²) >= 11 is 0. The van der Waals surface area contributed by atoms with E-state index in [1.165, 1.54) is 0 Å². The third-order valence-electron chi connectivity index (χ3n) is 8.68. The van der Waals surface area contributed by atoms with E-state index >= 15 is 0 Å². The number of rotatable bonds is 8. The molecule has 232 valence electrons.